The third kappa shape index (κ3) is 2.99. The maximum absolute atomic E-state index is 12.4. The number of carbonyl (C=O) groups excluding carboxylic acids is 1. The molecule has 1 aliphatic rings. The summed E-state index contributed by atoms with van der Waals surface area (Å²) in [6.45, 7) is 1.97. The minimum absolute atomic E-state index is 0.0425. The summed E-state index contributed by atoms with van der Waals surface area (Å²) in [6.07, 6.45) is 1.86. The molecule has 2 aromatic carbocycles. The molecule has 2 heteroatoms. The van der Waals surface area contributed by atoms with E-state index in [4.69, 9.17) is 4.74 Å². The van der Waals surface area contributed by atoms with Crippen LogP contribution in [0.2, 0.25) is 0 Å². The largest absolute Gasteiger partial charge is 0.462 e. The monoisotopic (exact) mass is 280 g/mol. The summed E-state index contributed by atoms with van der Waals surface area (Å²) in [5.41, 5.74) is 2.36. The second kappa shape index (κ2) is 6.13. The van der Waals surface area contributed by atoms with Crippen LogP contribution in [0.4, 0.5) is 0 Å². The highest BCUT2D eigenvalue weighted by Crippen LogP contribution is 2.38. The van der Waals surface area contributed by atoms with E-state index in [9.17, 15) is 4.79 Å². The molecule has 2 aromatic rings. The Morgan fingerprint density at radius 1 is 0.905 bits per heavy atom. The first-order valence-electron chi connectivity index (χ1n) is 7.56. The lowest BCUT2D eigenvalue weighted by Crippen LogP contribution is -2.33. The topological polar surface area (TPSA) is 26.3 Å². The van der Waals surface area contributed by atoms with Crippen molar-refractivity contribution in [1.29, 1.82) is 0 Å². The molecule has 1 saturated heterocycles. The summed E-state index contributed by atoms with van der Waals surface area (Å²) in [5, 5.41) is 0. The zero-order valence-corrected chi connectivity index (χ0v) is 12.2. The van der Waals surface area contributed by atoms with Crippen LogP contribution in [0.3, 0.4) is 0 Å². The van der Waals surface area contributed by atoms with Crippen LogP contribution in [0.5, 0.6) is 0 Å². The smallest absolute Gasteiger partial charge is 0.310 e. The summed E-state index contributed by atoms with van der Waals surface area (Å²) in [7, 11) is 0. The third-order valence-electron chi connectivity index (χ3n) is 4.22. The fourth-order valence-corrected chi connectivity index (χ4v) is 3.16. The summed E-state index contributed by atoms with van der Waals surface area (Å²) in [4.78, 5) is 12.4. The van der Waals surface area contributed by atoms with Gasteiger partial charge in [-0.25, -0.2) is 0 Å². The molecule has 0 bridgehead atoms. The molecule has 21 heavy (non-hydrogen) atoms. The van der Waals surface area contributed by atoms with Crippen molar-refractivity contribution in [3.8, 4) is 0 Å². The van der Waals surface area contributed by atoms with Crippen molar-refractivity contribution in [2.24, 2.45) is 5.92 Å². The molecule has 0 aliphatic carbocycles. The Bertz CT molecular complexity index is 552. The van der Waals surface area contributed by atoms with Crippen molar-refractivity contribution in [3.63, 3.8) is 0 Å². The molecule has 0 saturated carbocycles. The van der Waals surface area contributed by atoms with Gasteiger partial charge in [0.1, 0.15) is 0 Å². The standard InChI is InChI=1S/C19H20O2/c1-14-12-13-17(19(20)21-14)18(15-8-4-2-5-9-15)16-10-6-3-7-11-16/h2-11,14,17-18H,12-13H2,1H3. The molecule has 0 amide bonds. The Labute approximate surface area is 125 Å². The predicted molar refractivity (Wildman–Crippen MR) is 83.0 cm³/mol. The fourth-order valence-electron chi connectivity index (χ4n) is 3.16. The van der Waals surface area contributed by atoms with Gasteiger partial charge >= 0.3 is 5.97 Å². The second-order valence-corrected chi connectivity index (χ2v) is 5.73. The van der Waals surface area contributed by atoms with Crippen LogP contribution >= 0.6 is 0 Å². The van der Waals surface area contributed by atoms with E-state index in [2.05, 4.69) is 24.3 Å². The molecule has 1 aliphatic heterocycles. The summed E-state index contributed by atoms with van der Waals surface area (Å²) >= 11 is 0. The first-order chi connectivity index (χ1) is 10.3. The number of benzene rings is 2. The van der Waals surface area contributed by atoms with E-state index < -0.39 is 0 Å². The molecule has 1 fully saturated rings. The highest BCUT2D eigenvalue weighted by Gasteiger charge is 2.36. The van der Waals surface area contributed by atoms with Crippen LogP contribution in [-0.4, -0.2) is 12.1 Å². The van der Waals surface area contributed by atoms with Gasteiger partial charge in [0.15, 0.2) is 0 Å². The van der Waals surface area contributed by atoms with Gasteiger partial charge in [0.2, 0.25) is 0 Å². The minimum Gasteiger partial charge on any atom is -0.462 e. The van der Waals surface area contributed by atoms with Crippen molar-refractivity contribution >= 4 is 5.97 Å². The number of rotatable bonds is 3. The molecule has 108 valence electrons. The van der Waals surface area contributed by atoms with Crippen LogP contribution in [0, 0.1) is 5.92 Å². The number of cyclic esters (lactones) is 1. The molecule has 2 nitrogen and oxygen atoms in total. The molecule has 0 spiro atoms. The Hall–Kier alpha value is -2.09. The average molecular weight is 280 g/mol. The van der Waals surface area contributed by atoms with Crippen LogP contribution < -0.4 is 0 Å². The van der Waals surface area contributed by atoms with Gasteiger partial charge in [-0.1, -0.05) is 60.7 Å². The molecule has 1 heterocycles. The lowest BCUT2D eigenvalue weighted by molar-refractivity contribution is -0.159. The summed E-state index contributed by atoms with van der Waals surface area (Å²) in [5.74, 6) is -0.0788. The van der Waals surface area contributed by atoms with Gasteiger partial charge in [0, 0.05) is 5.92 Å². The van der Waals surface area contributed by atoms with E-state index in [0.29, 0.717) is 0 Å². The van der Waals surface area contributed by atoms with Crippen LogP contribution in [0.25, 0.3) is 0 Å². The van der Waals surface area contributed by atoms with Crippen LogP contribution in [-0.2, 0) is 9.53 Å². The van der Waals surface area contributed by atoms with E-state index >= 15 is 0 Å². The van der Waals surface area contributed by atoms with Gasteiger partial charge in [-0.15, -0.1) is 0 Å². The van der Waals surface area contributed by atoms with E-state index in [1.807, 2.05) is 43.3 Å². The van der Waals surface area contributed by atoms with Gasteiger partial charge in [-0.2, -0.15) is 0 Å². The SMILES string of the molecule is CC1CCC(C(c2ccccc2)c2ccccc2)C(=O)O1. The maximum atomic E-state index is 12.4. The summed E-state index contributed by atoms with van der Waals surface area (Å²) < 4.78 is 5.48. The first kappa shape index (κ1) is 13.9. The Morgan fingerprint density at radius 3 is 1.90 bits per heavy atom. The van der Waals surface area contributed by atoms with Crippen molar-refractivity contribution in [2.75, 3.05) is 0 Å². The third-order valence-corrected chi connectivity index (χ3v) is 4.22. The molecular weight excluding hydrogens is 260 g/mol. The lowest BCUT2D eigenvalue weighted by atomic mass is 9.77. The lowest BCUT2D eigenvalue weighted by Gasteiger charge is -2.32. The number of esters is 1. The van der Waals surface area contributed by atoms with E-state index in [0.717, 1.165) is 12.8 Å². The predicted octanol–water partition coefficient (Wildman–Crippen LogP) is 4.16. The molecule has 0 aromatic heterocycles. The van der Waals surface area contributed by atoms with Gasteiger partial charge in [0.05, 0.1) is 12.0 Å². The number of ether oxygens (including phenoxy) is 1. The molecule has 3 rings (SSSR count). The molecular formula is C19H20O2. The second-order valence-electron chi connectivity index (χ2n) is 5.73. The van der Waals surface area contributed by atoms with Crippen molar-refractivity contribution in [1.82, 2.24) is 0 Å². The van der Waals surface area contributed by atoms with Gasteiger partial charge in [-0.3, -0.25) is 4.79 Å². The van der Waals surface area contributed by atoms with Gasteiger partial charge in [-0.05, 0) is 30.9 Å². The quantitative estimate of drug-likeness (QED) is 0.789. The fraction of sp³-hybridized carbons (Fsp3) is 0.316. The number of carbonyl (C=O) groups is 1. The number of hydrogen-bond acceptors (Lipinski definition) is 2. The molecule has 0 N–H and O–H groups in total. The maximum Gasteiger partial charge on any atom is 0.310 e. The average Bonchev–Trinajstić information content (AvgIpc) is 2.52. The highest BCUT2D eigenvalue weighted by molar-refractivity contribution is 5.75. The van der Waals surface area contributed by atoms with Crippen molar-refractivity contribution in [3.05, 3.63) is 71.8 Å². The molecule has 2 atom stereocenters. The van der Waals surface area contributed by atoms with Crippen LogP contribution in [0.15, 0.2) is 60.7 Å². The molecule has 0 radical (unpaired) electrons. The Kier molecular flexibility index (Phi) is 4.05. The van der Waals surface area contributed by atoms with E-state index in [-0.39, 0.29) is 23.9 Å². The first-order valence-corrected chi connectivity index (χ1v) is 7.56. The van der Waals surface area contributed by atoms with Gasteiger partial charge < -0.3 is 4.74 Å². The van der Waals surface area contributed by atoms with Gasteiger partial charge in [0.25, 0.3) is 0 Å². The zero-order valence-electron chi connectivity index (χ0n) is 12.2. The molecule has 2 unspecified atom stereocenters. The van der Waals surface area contributed by atoms with Crippen molar-refractivity contribution < 1.29 is 9.53 Å². The zero-order chi connectivity index (χ0) is 14.7. The van der Waals surface area contributed by atoms with Crippen molar-refractivity contribution in [2.45, 2.75) is 31.8 Å². The van der Waals surface area contributed by atoms with E-state index in [1.165, 1.54) is 11.1 Å². The number of hydrogen-bond donors (Lipinski definition) is 0. The van der Waals surface area contributed by atoms with Crippen LogP contribution in [0.1, 0.15) is 36.8 Å². The summed E-state index contributed by atoms with van der Waals surface area (Å²) in [6, 6.07) is 20.5. The van der Waals surface area contributed by atoms with E-state index in [1.54, 1.807) is 0 Å². The Morgan fingerprint density at radius 2 is 1.43 bits per heavy atom. The highest BCUT2D eigenvalue weighted by atomic mass is 16.5. The minimum atomic E-state index is -0.0917. The Balaban J connectivity index is 1.99. The normalized spacial score (nSPS) is 22.1.